The number of nitrogens with zero attached hydrogens (tertiary/aromatic N) is 1. The lowest BCUT2D eigenvalue weighted by molar-refractivity contribution is 0.0787. The number of rotatable bonds is 3. The smallest absolute Gasteiger partial charge is 0.253 e. The Balaban J connectivity index is 2.05. The van der Waals surface area contributed by atoms with Crippen molar-refractivity contribution >= 4 is 17.5 Å². The molecule has 0 saturated carbocycles. The van der Waals surface area contributed by atoms with Gasteiger partial charge in [-0.2, -0.15) is 0 Å². The van der Waals surface area contributed by atoms with Gasteiger partial charge in [-0.25, -0.2) is 0 Å². The lowest BCUT2D eigenvalue weighted by atomic mass is 10.1. The summed E-state index contributed by atoms with van der Waals surface area (Å²) >= 11 is 5.98. The molecule has 18 heavy (non-hydrogen) atoms. The van der Waals surface area contributed by atoms with Gasteiger partial charge in [0.15, 0.2) is 0 Å². The van der Waals surface area contributed by atoms with E-state index in [4.69, 9.17) is 11.6 Å². The summed E-state index contributed by atoms with van der Waals surface area (Å²) in [5.74, 6) is 0.695. The van der Waals surface area contributed by atoms with Gasteiger partial charge in [0.2, 0.25) is 0 Å². The second-order valence-electron chi connectivity index (χ2n) is 4.93. The third kappa shape index (κ3) is 2.85. The third-order valence-electron chi connectivity index (χ3n) is 3.47. The van der Waals surface area contributed by atoms with E-state index in [1.807, 2.05) is 31.0 Å². The molecule has 2 rings (SSSR count). The van der Waals surface area contributed by atoms with Crippen LogP contribution in [0.1, 0.15) is 22.3 Å². The molecule has 0 radical (unpaired) electrons. The maximum absolute atomic E-state index is 12.3. The van der Waals surface area contributed by atoms with Crippen molar-refractivity contribution in [1.82, 2.24) is 10.2 Å². The number of carbonyl (C=O) groups excluding carboxylic acids is 1. The summed E-state index contributed by atoms with van der Waals surface area (Å²) in [4.78, 5) is 14.3. The highest BCUT2D eigenvalue weighted by atomic mass is 35.5. The molecule has 1 saturated heterocycles. The standard InChI is InChI=1S/C14H19ClN2O/c1-10-7-12(3-4-13(10)15)14(18)17-6-5-11(9-17)8-16-2/h3-4,7,11,16H,5-6,8-9H2,1-2H3. The van der Waals surface area contributed by atoms with E-state index in [0.29, 0.717) is 10.9 Å². The van der Waals surface area contributed by atoms with Crippen LogP contribution in [0, 0.1) is 12.8 Å². The number of halogens is 1. The van der Waals surface area contributed by atoms with Crippen molar-refractivity contribution in [3.63, 3.8) is 0 Å². The minimum Gasteiger partial charge on any atom is -0.338 e. The lowest BCUT2D eigenvalue weighted by Crippen LogP contribution is -2.30. The van der Waals surface area contributed by atoms with Crippen LogP contribution in [-0.4, -0.2) is 37.5 Å². The van der Waals surface area contributed by atoms with Crippen LogP contribution in [0.15, 0.2) is 18.2 Å². The minimum absolute atomic E-state index is 0.119. The summed E-state index contributed by atoms with van der Waals surface area (Å²) in [7, 11) is 1.95. The topological polar surface area (TPSA) is 32.3 Å². The molecule has 1 amide bonds. The Labute approximate surface area is 113 Å². The SMILES string of the molecule is CNCC1CCN(C(=O)c2ccc(Cl)c(C)c2)C1. The van der Waals surface area contributed by atoms with Gasteiger partial charge in [0, 0.05) is 23.7 Å². The molecule has 1 aliphatic rings. The van der Waals surface area contributed by atoms with Gasteiger partial charge in [0.05, 0.1) is 0 Å². The molecule has 98 valence electrons. The Morgan fingerprint density at radius 1 is 1.56 bits per heavy atom. The van der Waals surface area contributed by atoms with Crippen LogP contribution in [0.25, 0.3) is 0 Å². The highest BCUT2D eigenvalue weighted by Crippen LogP contribution is 2.21. The highest BCUT2D eigenvalue weighted by Gasteiger charge is 2.26. The van der Waals surface area contributed by atoms with E-state index >= 15 is 0 Å². The van der Waals surface area contributed by atoms with E-state index in [1.54, 1.807) is 6.07 Å². The quantitative estimate of drug-likeness (QED) is 0.911. The highest BCUT2D eigenvalue weighted by molar-refractivity contribution is 6.31. The Hall–Kier alpha value is -1.06. The fourth-order valence-corrected chi connectivity index (χ4v) is 2.55. The van der Waals surface area contributed by atoms with E-state index in [1.165, 1.54) is 0 Å². The number of likely N-dealkylation sites (tertiary alicyclic amines) is 1. The Kier molecular flexibility index (Phi) is 4.25. The number of amides is 1. The zero-order valence-corrected chi connectivity index (χ0v) is 11.6. The lowest BCUT2D eigenvalue weighted by Gasteiger charge is -2.17. The number of hydrogen-bond acceptors (Lipinski definition) is 2. The molecule has 3 nitrogen and oxygen atoms in total. The van der Waals surface area contributed by atoms with Gasteiger partial charge in [0.25, 0.3) is 5.91 Å². The molecule has 0 aromatic heterocycles. The molecule has 1 heterocycles. The van der Waals surface area contributed by atoms with Crippen LogP contribution < -0.4 is 5.32 Å². The molecule has 1 fully saturated rings. The Morgan fingerprint density at radius 2 is 2.33 bits per heavy atom. The maximum Gasteiger partial charge on any atom is 0.253 e. The van der Waals surface area contributed by atoms with Crippen LogP contribution in [0.4, 0.5) is 0 Å². The largest absolute Gasteiger partial charge is 0.338 e. The number of aryl methyl sites for hydroxylation is 1. The second kappa shape index (κ2) is 5.72. The van der Waals surface area contributed by atoms with E-state index in [9.17, 15) is 4.79 Å². The van der Waals surface area contributed by atoms with E-state index < -0.39 is 0 Å². The monoisotopic (exact) mass is 266 g/mol. The van der Waals surface area contributed by atoms with Crippen molar-refractivity contribution in [2.24, 2.45) is 5.92 Å². The summed E-state index contributed by atoms with van der Waals surface area (Å²) in [6, 6.07) is 5.48. The van der Waals surface area contributed by atoms with Crippen molar-refractivity contribution in [2.45, 2.75) is 13.3 Å². The van der Waals surface area contributed by atoms with E-state index in [2.05, 4.69) is 5.32 Å². The van der Waals surface area contributed by atoms with Gasteiger partial charge in [-0.1, -0.05) is 11.6 Å². The Bertz CT molecular complexity index is 447. The zero-order valence-electron chi connectivity index (χ0n) is 10.9. The first-order chi connectivity index (χ1) is 8.61. The number of hydrogen-bond donors (Lipinski definition) is 1. The molecule has 1 aliphatic heterocycles. The molecule has 1 aromatic carbocycles. The van der Waals surface area contributed by atoms with Crippen molar-refractivity contribution in [2.75, 3.05) is 26.7 Å². The van der Waals surface area contributed by atoms with Crippen LogP contribution in [-0.2, 0) is 0 Å². The van der Waals surface area contributed by atoms with Crippen molar-refractivity contribution in [3.8, 4) is 0 Å². The summed E-state index contributed by atoms with van der Waals surface area (Å²) in [6.45, 7) is 4.60. The molecule has 0 spiro atoms. The number of carbonyl (C=O) groups is 1. The predicted octanol–water partition coefficient (Wildman–Crippen LogP) is 2.33. The average Bonchev–Trinajstić information content (AvgIpc) is 2.81. The summed E-state index contributed by atoms with van der Waals surface area (Å²) in [5.41, 5.74) is 1.69. The van der Waals surface area contributed by atoms with Crippen LogP contribution in [0.5, 0.6) is 0 Å². The number of nitrogens with one attached hydrogen (secondary N) is 1. The van der Waals surface area contributed by atoms with Gasteiger partial charge in [-0.15, -0.1) is 0 Å². The summed E-state index contributed by atoms with van der Waals surface area (Å²) < 4.78 is 0. The molecule has 0 aliphatic carbocycles. The molecular weight excluding hydrogens is 248 g/mol. The first-order valence-corrected chi connectivity index (χ1v) is 6.69. The fraction of sp³-hybridized carbons (Fsp3) is 0.500. The van der Waals surface area contributed by atoms with Gasteiger partial charge in [-0.3, -0.25) is 4.79 Å². The number of benzene rings is 1. The molecule has 1 N–H and O–H groups in total. The van der Waals surface area contributed by atoms with E-state index in [-0.39, 0.29) is 5.91 Å². The molecule has 4 heteroatoms. The summed E-state index contributed by atoms with van der Waals surface area (Å²) in [6.07, 6.45) is 1.08. The van der Waals surface area contributed by atoms with Crippen LogP contribution >= 0.6 is 11.6 Å². The third-order valence-corrected chi connectivity index (χ3v) is 3.89. The van der Waals surface area contributed by atoms with Gasteiger partial charge >= 0.3 is 0 Å². The van der Waals surface area contributed by atoms with Crippen LogP contribution in [0.2, 0.25) is 5.02 Å². The molecule has 1 atom stereocenters. The Morgan fingerprint density at radius 3 is 3.00 bits per heavy atom. The fourth-order valence-electron chi connectivity index (χ4n) is 2.43. The normalized spacial score (nSPS) is 19.3. The average molecular weight is 267 g/mol. The minimum atomic E-state index is 0.119. The van der Waals surface area contributed by atoms with Crippen LogP contribution in [0.3, 0.4) is 0 Å². The molecule has 1 unspecified atom stereocenters. The van der Waals surface area contributed by atoms with Gasteiger partial charge < -0.3 is 10.2 Å². The first kappa shape index (κ1) is 13.4. The first-order valence-electron chi connectivity index (χ1n) is 6.32. The molecule has 1 aromatic rings. The van der Waals surface area contributed by atoms with Crippen molar-refractivity contribution in [1.29, 1.82) is 0 Å². The van der Waals surface area contributed by atoms with Crippen molar-refractivity contribution in [3.05, 3.63) is 34.3 Å². The summed E-state index contributed by atoms with van der Waals surface area (Å²) in [5, 5.41) is 3.88. The second-order valence-corrected chi connectivity index (χ2v) is 5.33. The van der Waals surface area contributed by atoms with Gasteiger partial charge in [-0.05, 0) is 56.6 Å². The maximum atomic E-state index is 12.3. The molecule has 0 bridgehead atoms. The predicted molar refractivity (Wildman–Crippen MR) is 74.1 cm³/mol. The van der Waals surface area contributed by atoms with Crippen molar-refractivity contribution < 1.29 is 4.79 Å². The van der Waals surface area contributed by atoms with Gasteiger partial charge in [0.1, 0.15) is 0 Å². The van der Waals surface area contributed by atoms with E-state index in [0.717, 1.165) is 37.2 Å². The molecular formula is C14H19ClN2O. The zero-order chi connectivity index (χ0) is 13.1.